The second kappa shape index (κ2) is 9.20. The number of carbonyl (C=O) groups is 2. The SMILES string of the molecule is COc1cc(CCNC(=O)C2CCCC(C(=O)O)C2)c([N+](=O)[O-])cc1OC. The fourth-order valence-corrected chi connectivity index (χ4v) is 3.40. The van der Waals surface area contributed by atoms with Crippen molar-refractivity contribution in [2.24, 2.45) is 11.8 Å². The molecule has 1 aromatic carbocycles. The van der Waals surface area contributed by atoms with Crippen molar-refractivity contribution < 1.29 is 29.1 Å². The predicted molar refractivity (Wildman–Crippen MR) is 96.0 cm³/mol. The van der Waals surface area contributed by atoms with Gasteiger partial charge in [0.2, 0.25) is 5.91 Å². The minimum atomic E-state index is -0.867. The second-order valence-corrected chi connectivity index (χ2v) is 6.53. The van der Waals surface area contributed by atoms with Crippen molar-refractivity contribution in [3.63, 3.8) is 0 Å². The molecule has 0 saturated heterocycles. The Hall–Kier alpha value is -2.84. The molecule has 0 aliphatic heterocycles. The van der Waals surface area contributed by atoms with E-state index in [1.54, 1.807) is 0 Å². The number of amides is 1. The summed E-state index contributed by atoms with van der Waals surface area (Å²) in [5.41, 5.74) is 0.315. The van der Waals surface area contributed by atoms with Gasteiger partial charge in [-0.3, -0.25) is 19.7 Å². The zero-order chi connectivity index (χ0) is 20.0. The number of rotatable bonds is 8. The average Bonchev–Trinajstić information content (AvgIpc) is 2.67. The molecule has 1 aliphatic carbocycles. The minimum Gasteiger partial charge on any atom is -0.493 e. The second-order valence-electron chi connectivity index (χ2n) is 6.53. The number of hydrogen-bond donors (Lipinski definition) is 2. The van der Waals surface area contributed by atoms with Crippen LogP contribution in [0.5, 0.6) is 11.5 Å². The van der Waals surface area contributed by atoms with Crippen molar-refractivity contribution in [2.45, 2.75) is 32.1 Å². The molecule has 2 N–H and O–H groups in total. The van der Waals surface area contributed by atoms with Gasteiger partial charge in [0, 0.05) is 18.0 Å². The van der Waals surface area contributed by atoms with Crippen LogP contribution >= 0.6 is 0 Å². The molecule has 148 valence electrons. The molecule has 1 aliphatic rings. The Balaban J connectivity index is 2.00. The summed E-state index contributed by atoms with van der Waals surface area (Å²) in [6.45, 7) is 0.212. The summed E-state index contributed by atoms with van der Waals surface area (Å²) in [4.78, 5) is 34.2. The van der Waals surface area contributed by atoms with Gasteiger partial charge in [-0.1, -0.05) is 6.42 Å². The Bertz CT molecular complexity index is 720. The number of hydrogen-bond acceptors (Lipinski definition) is 6. The van der Waals surface area contributed by atoms with Crippen LogP contribution in [-0.2, 0) is 16.0 Å². The van der Waals surface area contributed by atoms with Crippen LogP contribution in [0.4, 0.5) is 5.69 Å². The highest BCUT2D eigenvalue weighted by Gasteiger charge is 2.31. The maximum absolute atomic E-state index is 12.3. The first-order valence-electron chi connectivity index (χ1n) is 8.77. The van der Waals surface area contributed by atoms with E-state index in [1.807, 2.05) is 0 Å². The lowest BCUT2D eigenvalue weighted by atomic mass is 9.81. The van der Waals surface area contributed by atoms with Crippen LogP contribution in [0.25, 0.3) is 0 Å². The average molecular weight is 380 g/mol. The summed E-state index contributed by atoms with van der Waals surface area (Å²) >= 11 is 0. The Morgan fingerprint density at radius 1 is 1.22 bits per heavy atom. The van der Waals surface area contributed by atoms with Crippen molar-refractivity contribution in [3.05, 3.63) is 27.8 Å². The van der Waals surface area contributed by atoms with Gasteiger partial charge < -0.3 is 19.9 Å². The first-order valence-corrected chi connectivity index (χ1v) is 8.77. The number of aliphatic carboxylic acids is 1. The number of nitrogens with one attached hydrogen (secondary N) is 1. The Kier molecular flexibility index (Phi) is 6.98. The lowest BCUT2D eigenvalue weighted by Crippen LogP contribution is -2.36. The number of methoxy groups -OCH3 is 2. The quantitative estimate of drug-likeness (QED) is 0.522. The van der Waals surface area contributed by atoms with E-state index in [1.165, 1.54) is 26.4 Å². The van der Waals surface area contributed by atoms with Crippen molar-refractivity contribution in [1.82, 2.24) is 5.32 Å². The van der Waals surface area contributed by atoms with Crippen molar-refractivity contribution in [3.8, 4) is 11.5 Å². The van der Waals surface area contributed by atoms with Crippen LogP contribution in [0, 0.1) is 22.0 Å². The normalized spacial score (nSPS) is 19.2. The third-order valence-electron chi connectivity index (χ3n) is 4.87. The smallest absolute Gasteiger partial charge is 0.306 e. The topological polar surface area (TPSA) is 128 Å². The van der Waals surface area contributed by atoms with Crippen LogP contribution in [0.3, 0.4) is 0 Å². The number of ether oxygens (including phenoxy) is 2. The van der Waals surface area contributed by atoms with E-state index in [0.717, 1.165) is 0 Å². The summed E-state index contributed by atoms with van der Waals surface area (Å²) in [5.74, 6) is -1.25. The van der Waals surface area contributed by atoms with E-state index in [-0.39, 0.29) is 36.2 Å². The van der Waals surface area contributed by atoms with Gasteiger partial charge in [0.15, 0.2) is 11.5 Å². The van der Waals surface area contributed by atoms with E-state index in [4.69, 9.17) is 14.6 Å². The molecule has 27 heavy (non-hydrogen) atoms. The van der Waals surface area contributed by atoms with Gasteiger partial charge in [0.05, 0.1) is 31.1 Å². The number of carboxylic acids is 1. The van der Waals surface area contributed by atoms with E-state index in [2.05, 4.69) is 5.32 Å². The molecule has 2 atom stereocenters. The monoisotopic (exact) mass is 380 g/mol. The number of nitro groups is 1. The summed E-state index contributed by atoms with van der Waals surface area (Å²) < 4.78 is 10.3. The van der Waals surface area contributed by atoms with E-state index >= 15 is 0 Å². The largest absolute Gasteiger partial charge is 0.493 e. The molecule has 2 unspecified atom stereocenters. The fraction of sp³-hybridized carbons (Fsp3) is 0.556. The molecule has 1 fully saturated rings. The standard InChI is InChI=1S/C18H24N2O7/c1-26-15-9-11(14(20(24)25)10-16(15)27-2)6-7-19-17(21)12-4-3-5-13(8-12)18(22)23/h9-10,12-13H,3-8H2,1-2H3,(H,19,21)(H,22,23). The highest BCUT2D eigenvalue weighted by molar-refractivity contribution is 5.80. The van der Waals surface area contributed by atoms with Crippen molar-refractivity contribution >= 4 is 17.6 Å². The van der Waals surface area contributed by atoms with E-state index in [0.29, 0.717) is 37.0 Å². The number of nitro benzene ring substituents is 1. The molecule has 0 spiro atoms. The minimum absolute atomic E-state index is 0.106. The highest BCUT2D eigenvalue weighted by Crippen LogP contribution is 2.34. The molecule has 0 heterocycles. The Morgan fingerprint density at radius 3 is 2.44 bits per heavy atom. The summed E-state index contributed by atoms with van der Waals surface area (Å²) in [6, 6.07) is 2.83. The predicted octanol–water partition coefficient (Wildman–Crippen LogP) is 2.16. The van der Waals surface area contributed by atoms with Crippen LogP contribution < -0.4 is 14.8 Å². The third kappa shape index (κ3) is 5.08. The van der Waals surface area contributed by atoms with Crippen LogP contribution in [-0.4, -0.2) is 42.7 Å². The van der Waals surface area contributed by atoms with Gasteiger partial charge in [-0.25, -0.2) is 0 Å². The van der Waals surface area contributed by atoms with Gasteiger partial charge in [-0.05, 0) is 31.7 Å². The van der Waals surface area contributed by atoms with Gasteiger partial charge in [-0.2, -0.15) is 0 Å². The number of benzene rings is 1. The lowest BCUT2D eigenvalue weighted by molar-refractivity contribution is -0.385. The van der Waals surface area contributed by atoms with Gasteiger partial charge in [0.1, 0.15) is 0 Å². The zero-order valence-electron chi connectivity index (χ0n) is 15.4. The first-order chi connectivity index (χ1) is 12.9. The molecule has 0 aromatic heterocycles. The third-order valence-corrected chi connectivity index (χ3v) is 4.87. The zero-order valence-corrected chi connectivity index (χ0v) is 15.4. The Labute approximate surface area is 156 Å². The van der Waals surface area contributed by atoms with E-state index < -0.39 is 16.8 Å². The molecule has 1 aromatic rings. The molecule has 1 saturated carbocycles. The maximum Gasteiger partial charge on any atom is 0.306 e. The number of carbonyl (C=O) groups excluding carboxylic acids is 1. The maximum atomic E-state index is 12.3. The van der Waals surface area contributed by atoms with Crippen LogP contribution in [0.1, 0.15) is 31.2 Å². The molecular weight excluding hydrogens is 356 g/mol. The van der Waals surface area contributed by atoms with E-state index in [9.17, 15) is 19.7 Å². The van der Waals surface area contributed by atoms with Crippen LogP contribution in [0.2, 0.25) is 0 Å². The molecule has 9 nitrogen and oxygen atoms in total. The number of nitrogens with zero attached hydrogens (tertiary/aromatic N) is 1. The van der Waals surface area contributed by atoms with Crippen molar-refractivity contribution in [2.75, 3.05) is 20.8 Å². The first kappa shape index (κ1) is 20.5. The van der Waals surface area contributed by atoms with Gasteiger partial charge >= 0.3 is 5.97 Å². The molecule has 2 rings (SSSR count). The highest BCUT2D eigenvalue weighted by atomic mass is 16.6. The van der Waals surface area contributed by atoms with Gasteiger partial charge in [-0.15, -0.1) is 0 Å². The summed E-state index contributed by atoms with van der Waals surface area (Å²) in [7, 11) is 2.84. The Morgan fingerprint density at radius 2 is 1.85 bits per heavy atom. The lowest BCUT2D eigenvalue weighted by Gasteiger charge is -2.25. The van der Waals surface area contributed by atoms with Crippen LogP contribution in [0.15, 0.2) is 12.1 Å². The van der Waals surface area contributed by atoms with Crippen molar-refractivity contribution in [1.29, 1.82) is 0 Å². The molecule has 9 heteroatoms. The van der Waals surface area contributed by atoms with Gasteiger partial charge in [0.25, 0.3) is 5.69 Å². The molecule has 0 radical (unpaired) electrons. The summed E-state index contributed by atoms with van der Waals surface area (Å²) in [5, 5.41) is 23.2. The summed E-state index contributed by atoms with van der Waals surface area (Å²) in [6.07, 6.45) is 2.54. The molecule has 0 bridgehead atoms. The number of carboxylic acid groups (broad SMARTS) is 1. The fourth-order valence-electron chi connectivity index (χ4n) is 3.40. The molecule has 1 amide bonds. The molecular formula is C18H24N2O7.